The fourth-order valence-electron chi connectivity index (χ4n) is 4.21. The van der Waals surface area contributed by atoms with Crippen LogP contribution in [0.5, 0.6) is 17.4 Å². The molecule has 0 fully saturated rings. The lowest BCUT2D eigenvalue weighted by Gasteiger charge is -2.15. The Balaban J connectivity index is 1.58. The Morgan fingerprint density at radius 2 is 1.92 bits per heavy atom. The largest absolute Gasteiger partial charge is 0.477 e. The molecule has 1 aromatic heterocycles. The van der Waals surface area contributed by atoms with Crippen molar-refractivity contribution in [3.05, 3.63) is 70.7 Å². The normalized spacial score (nSPS) is 11.8. The second kappa shape index (κ2) is 10.9. The van der Waals surface area contributed by atoms with Crippen molar-refractivity contribution in [2.45, 2.75) is 19.8 Å². The van der Waals surface area contributed by atoms with Gasteiger partial charge in [-0.25, -0.2) is 4.98 Å². The minimum absolute atomic E-state index is 0.135. The molecule has 8 heteroatoms. The van der Waals surface area contributed by atoms with Crippen LogP contribution in [0, 0.1) is 11.3 Å². The first kappa shape index (κ1) is 24.6. The quantitative estimate of drug-likeness (QED) is 0.176. The predicted molar refractivity (Wildman–Crippen MR) is 143 cm³/mol. The van der Waals surface area contributed by atoms with Gasteiger partial charge < -0.3 is 18.9 Å². The summed E-state index contributed by atoms with van der Waals surface area (Å²) in [6.07, 6.45) is 0.662. The van der Waals surface area contributed by atoms with E-state index >= 15 is 0 Å². The Morgan fingerprint density at radius 3 is 2.73 bits per heavy atom. The first-order chi connectivity index (χ1) is 18.1. The molecule has 2 heterocycles. The van der Waals surface area contributed by atoms with Crippen molar-refractivity contribution in [3.8, 4) is 45.8 Å². The molecule has 186 valence electrons. The molecule has 0 unspecified atom stereocenters. The third-order valence-corrected chi connectivity index (χ3v) is 6.77. The summed E-state index contributed by atoms with van der Waals surface area (Å²) in [5.74, 6) is 1.14. The van der Waals surface area contributed by atoms with Gasteiger partial charge in [0.2, 0.25) is 12.7 Å². The number of ether oxygens (including phenoxy) is 4. The number of fused-ring (bicyclic) bond motifs is 2. The van der Waals surface area contributed by atoms with Crippen LogP contribution in [0.2, 0.25) is 0 Å². The number of nitriles is 1. The minimum atomic E-state index is -0.283. The Hall–Kier alpha value is -4.09. The number of esters is 1. The highest BCUT2D eigenvalue weighted by atomic mass is 79.9. The summed E-state index contributed by atoms with van der Waals surface area (Å²) < 4.78 is 22.8. The summed E-state index contributed by atoms with van der Waals surface area (Å²) in [6, 6.07) is 22.0. The Morgan fingerprint density at radius 1 is 1.08 bits per heavy atom. The maximum absolute atomic E-state index is 11.7. The maximum atomic E-state index is 11.7. The van der Waals surface area contributed by atoms with Crippen molar-refractivity contribution in [2.75, 3.05) is 20.0 Å². The van der Waals surface area contributed by atoms with E-state index in [1.807, 2.05) is 48.5 Å². The van der Waals surface area contributed by atoms with Crippen LogP contribution in [0.25, 0.3) is 33.2 Å². The van der Waals surface area contributed by atoms with Crippen LogP contribution in [-0.4, -0.2) is 31.0 Å². The predicted octanol–water partition coefficient (Wildman–Crippen LogP) is 6.65. The number of benzene rings is 3. The molecular formula is C29H23BrN2O5. The fraction of sp³-hybridized carbons (Fsp3) is 0.207. The highest BCUT2D eigenvalue weighted by Crippen LogP contribution is 2.46. The van der Waals surface area contributed by atoms with Gasteiger partial charge in [0.05, 0.1) is 23.4 Å². The third-order valence-electron chi connectivity index (χ3n) is 5.98. The van der Waals surface area contributed by atoms with Crippen LogP contribution < -0.4 is 14.2 Å². The second-order valence-electron chi connectivity index (χ2n) is 8.33. The highest BCUT2D eigenvalue weighted by molar-refractivity contribution is 9.10. The number of hydrogen-bond donors (Lipinski definition) is 0. The van der Waals surface area contributed by atoms with Crippen molar-refractivity contribution in [1.82, 2.24) is 4.98 Å². The van der Waals surface area contributed by atoms with Crippen molar-refractivity contribution in [1.29, 1.82) is 5.26 Å². The molecule has 0 saturated heterocycles. The van der Waals surface area contributed by atoms with Gasteiger partial charge in [-0.2, -0.15) is 5.26 Å². The topological polar surface area (TPSA) is 90.7 Å². The Labute approximate surface area is 222 Å². The van der Waals surface area contributed by atoms with Gasteiger partial charge in [0, 0.05) is 23.1 Å². The number of carbonyl (C=O) groups is 1. The van der Waals surface area contributed by atoms with Gasteiger partial charge in [0.25, 0.3) is 0 Å². The minimum Gasteiger partial charge on any atom is -0.477 e. The lowest BCUT2D eigenvalue weighted by molar-refractivity contribution is -0.143. The number of aromatic nitrogens is 1. The molecule has 37 heavy (non-hydrogen) atoms. The highest BCUT2D eigenvalue weighted by Gasteiger charge is 2.24. The van der Waals surface area contributed by atoms with Crippen molar-refractivity contribution < 1.29 is 23.7 Å². The summed E-state index contributed by atoms with van der Waals surface area (Å²) in [5.41, 5.74) is 3.23. The first-order valence-corrected chi connectivity index (χ1v) is 12.7. The van der Waals surface area contributed by atoms with Crippen LogP contribution in [0.3, 0.4) is 0 Å². The molecule has 0 atom stereocenters. The molecule has 0 N–H and O–H groups in total. The van der Waals surface area contributed by atoms with E-state index in [0.29, 0.717) is 45.8 Å². The average molecular weight is 559 g/mol. The third kappa shape index (κ3) is 5.09. The lowest BCUT2D eigenvalue weighted by atomic mass is 9.97. The molecule has 0 amide bonds. The SMILES string of the molecule is CCOC(=O)CCCOc1nc(-c2ccc3ccccc3c2)cc(-c2ccc3c(c2Br)OCO3)c1C#N. The smallest absolute Gasteiger partial charge is 0.305 e. The molecule has 3 aromatic carbocycles. The van der Waals surface area contributed by atoms with Crippen LogP contribution in [-0.2, 0) is 9.53 Å². The fourth-order valence-corrected chi connectivity index (χ4v) is 4.86. The molecule has 0 saturated carbocycles. The van der Waals surface area contributed by atoms with E-state index in [0.717, 1.165) is 21.9 Å². The van der Waals surface area contributed by atoms with Crippen molar-refractivity contribution in [2.24, 2.45) is 0 Å². The Kier molecular flexibility index (Phi) is 7.24. The number of halogens is 1. The standard InChI is InChI=1S/C29H23BrN2O5/c1-2-34-26(33)8-5-13-35-29-23(16-31)22(21-11-12-25-28(27(21)30)37-17-36-25)15-24(32-29)20-10-9-18-6-3-4-7-19(18)14-20/h3-4,6-7,9-12,14-15H,2,5,8,13,17H2,1H3. The van der Waals surface area contributed by atoms with Crippen LogP contribution in [0.15, 0.2) is 65.1 Å². The van der Waals surface area contributed by atoms with Gasteiger partial charge >= 0.3 is 5.97 Å². The van der Waals surface area contributed by atoms with Crippen molar-refractivity contribution in [3.63, 3.8) is 0 Å². The number of hydrogen-bond acceptors (Lipinski definition) is 7. The van der Waals surface area contributed by atoms with Crippen molar-refractivity contribution >= 4 is 32.7 Å². The van der Waals surface area contributed by atoms with E-state index in [1.165, 1.54) is 0 Å². The monoisotopic (exact) mass is 558 g/mol. The molecule has 1 aliphatic rings. The zero-order valence-electron chi connectivity index (χ0n) is 20.1. The zero-order chi connectivity index (χ0) is 25.8. The van der Waals surface area contributed by atoms with Gasteiger partial charge in [-0.05, 0) is 64.3 Å². The number of rotatable bonds is 8. The average Bonchev–Trinajstić information content (AvgIpc) is 3.41. The van der Waals surface area contributed by atoms with E-state index in [1.54, 1.807) is 6.92 Å². The van der Waals surface area contributed by atoms with Crippen LogP contribution in [0.4, 0.5) is 0 Å². The van der Waals surface area contributed by atoms with E-state index in [4.69, 9.17) is 23.9 Å². The molecule has 0 bridgehead atoms. The molecule has 0 spiro atoms. The number of carbonyl (C=O) groups excluding carboxylic acids is 1. The summed E-state index contributed by atoms with van der Waals surface area (Å²) >= 11 is 3.64. The van der Waals surface area contributed by atoms with E-state index in [2.05, 4.69) is 34.1 Å². The molecule has 4 aromatic rings. The molecule has 0 radical (unpaired) electrons. The second-order valence-corrected chi connectivity index (χ2v) is 9.12. The molecular weight excluding hydrogens is 536 g/mol. The summed E-state index contributed by atoms with van der Waals surface area (Å²) in [5, 5.41) is 12.3. The summed E-state index contributed by atoms with van der Waals surface area (Å²) in [4.78, 5) is 16.5. The summed E-state index contributed by atoms with van der Waals surface area (Å²) in [7, 11) is 0. The van der Waals surface area contributed by atoms with E-state index in [9.17, 15) is 10.1 Å². The summed E-state index contributed by atoms with van der Waals surface area (Å²) in [6.45, 7) is 2.45. The number of nitrogens with zero attached hydrogens (tertiary/aromatic N) is 2. The molecule has 5 rings (SSSR count). The van der Waals surface area contributed by atoms with Crippen LogP contribution >= 0.6 is 15.9 Å². The van der Waals surface area contributed by atoms with Gasteiger partial charge in [-0.1, -0.05) is 36.4 Å². The van der Waals surface area contributed by atoms with E-state index < -0.39 is 0 Å². The van der Waals surface area contributed by atoms with E-state index in [-0.39, 0.29) is 31.7 Å². The van der Waals surface area contributed by atoms with Gasteiger partial charge in [-0.15, -0.1) is 0 Å². The Bertz CT molecular complexity index is 1530. The number of pyridine rings is 1. The van der Waals surface area contributed by atoms with Gasteiger partial charge in [0.1, 0.15) is 11.6 Å². The molecule has 1 aliphatic heterocycles. The van der Waals surface area contributed by atoms with Gasteiger partial charge in [0.15, 0.2) is 11.5 Å². The molecule has 7 nitrogen and oxygen atoms in total. The maximum Gasteiger partial charge on any atom is 0.305 e. The molecule has 0 aliphatic carbocycles. The van der Waals surface area contributed by atoms with Gasteiger partial charge in [-0.3, -0.25) is 4.79 Å². The zero-order valence-corrected chi connectivity index (χ0v) is 21.7. The lowest BCUT2D eigenvalue weighted by Crippen LogP contribution is -2.08. The van der Waals surface area contributed by atoms with Crippen LogP contribution in [0.1, 0.15) is 25.3 Å². The first-order valence-electron chi connectivity index (χ1n) is 11.9.